The fraction of sp³-hybridized carbons (Fsp3) is 0.462. The molecular weight excluding hydrogens is 218 g/mol. The van der Waals surface area contributed by atoms with Crippen LogP contribution >= 0.6 is 0 Å². The van der Waals surface area contributed by atoms with Crippen LogP contribution < -0.4 is 10.1 Å². The van der Waals surface area contributed by atoms with Crippen molar-refractivity contribution < 1.29 is 14.3 Å². The van der Waals surface area contributed by atoms with Crippen LogP contribution in [-0.4, -0.2) is 19.3 Å². The minimum absolute atomic E-state index is 0.0738. The topological polar surface area (TPSA) is 47.6 Å². The van der Waals surface area contributed by atoms with E-state index in [2.05, 4.69) is 5.32 Å². The van der Waals surface area contributed by atoms with Gasteiger partial charge in [0.25, 0.3) is 0 Å². The number of amides is 1. The summed E-state index contributed by atoms with van der Waals surface area (Å²) < 4.78 is 10.5. The van der Waals surface area contributed by atoms with Crippen molar-refractivity contribution in [1.29, 1.82) is 0 Å². The van der Waals surface area contributed by atoms with E-state index in [1.807, 2.05) is 12.1 Å². The Kier molecular flexibility index (Phi) is 3.85. The van der Waals surface area contributed by atoms with E-state index in [4.69, 9.17) is 9.47 Å². The molecule has 4 heteroatoms. The maximum absolute atomic E-state index is 11.6. The van der Waals surface area contributed by atoms with E-state index in [9.17, 15) is 4.79 Å². The molecule has 1 aromatic carbocycles. The molecule has 92 valence electrons. The van der Waals surface area contributed by atoms with Gasteiger partial charge >= 0.3 is 6.09 Å². The van der Waals surface area contributed by atoms with E-state index in [1.54, 1.807) is 19.2 Å². The molecule has 1 aliphatic rings. The smallest absolute Gasteiger partial charge is 0.412 e. The summed E-state index contributed by atoms with van der Waals surface area (Å²) in [7, 11) is 1.57. The third-order valence-corrected chi connectivity index (χ3v) is 2.92. The van der Waals surface area contributed by atoms with E-state index in [-0.39, 0.29) is 6.10 Å². The molecule has 0 saturated heterocycles. The Hall–Kier alpha value is -1.71. The second-order valence-corrected chi connectivity index (χ2v) is 4.14. The van der Waals surface area contributed by atoms with Gasteiger partial charge in [-0.25, -0.2) is 4.79 Å². The van der Waals surface area contributed by atoms with Gasteiger partial charge < -0.3 is 9.47 Å². The Morgan fingerprint density at radius 1 is 1.29 bits per heavy atom. The quantitative estimate of drug-likeness (QED) is 0.875. The zero-order chi connectivity index (χ0) is 12.1. The standard InChI is InChI=1S/C13H17NO3/c1-16-12-9-5-4-8-11(12)14-13(15)17-10-6-2-3-7-10/h4-5,8-10H,2-3,6-7H2,1H3,(H,14,15). The second-order valence-electron chi connectivity index (χ2n) is 4.14. The highest BCUT2D eigenvalue weighted by Gasteiger charge is 2.19. The van der Waals surface area contributed by atoms with Crippen molar-refractivity contribution in [2.24, 2.45) is 0 Å². The monoisotopic (exact) mass is 235 g/mol. The van der Waals surface area contributed by atoms with Crippen molar-refractivity contribution >= 4 is 11.8 Å². The van der Waals surface area contributed by atoms with Crippen molar-refractivity contribution in [1.82, 2.24) is 0 Å². The fourth-order valence-electron chi connectivity index (χ4n) is 2.04. The van der Waals surface area contributed by atoms with Crippen LogP contribution in [0.25, 0.3) is 0 Å². The van der Waals surface area contributed by atoms with Gasteiger partial charge in [-0.1, -0.05) is 12.1 Å². The summed E-state index contributed by atoms with van der Waals surface area (Å²) in [5, 5.41) is 2.70. The Morgan fingerprint density at radius 3 is 2.71 bits per heavy atom. The van der Waals surface area contributed by atoms with Crippen molar-refractivity contribution in [2.45, 2.75) is 31.8 Å². The Labute approximate surface area is 101 Å². The molecule has 0 spiro atoms. The first-order valence-corrected chi connectivity index (χ1v) is 5.90. The lowest BCUT2D eigenvalue weighted by Gasteiger charge is -2.13. The molecule has 0 radical (unpaired) electrons. The van der Waals surface area contributed by atoms with E-state index < -0.39 is 6.09 Å². The number of rotatable bonds is 3. The molecule has 2 rings (SSSR count). The summed E-state index contributed by atoms with van der Waals surface area (Å²) in [5.41, 5.74) is 0.637. The number of hydrogen-bond acceptors (Lipinski definition) is 3. The normalized spacial score (nSPS) is 15.6. The molecule has 0 bridgehead atoms. The lowest BCUT2D eigenvalue weighted by molar-refractivity contribution is 0.114. The zero-order valence-electron chi connectivity index (χ0n) is 9.94. The molecular formula is C13H17NO3. The van der Waals surface area contributed by atoms with Crippen molar-refractivity contribution in [3.05, 3.63) is 24.3 Å². The van der Waals surface area contributed by atoms with Crippen molar-refractivity contribution in [3.8, 4) is 5.75 Å². The number of para-hydroxylation sites is 2. The Balaban J connectivity index is 1.92. The summed E-state index contributed by atoms with van der Waals surface area (Å²) in [6.07, 6.45) is 3.91. The number of anilines is 1. The van der Waals surface area contributed by atoms with Crippen molar-refractivity contribution in [2.75, 3.05) is 12.4 Å². The number of benzene rings is 1. The van der Waals surface area contributed by atoms with Gasteiger partial charge in [0.2, 0.25) is 0 Å². The molecule has 1 aliphatic carbocycles. The maximum atomic E-state index is 11.6. The predicted octanol–water partition coefficient (Wildman–Crippen LogP) is 3.19. The van der Waals surface area contributed by atoms with Gasteiger partial charge in [0.1, 0.15) is 11.9 Å². The average Bonchev–Trinajstić information content (AvgIpc) is 2.82. The van der Waals surface area contributed by atoms with Gasteiger partial charge in [0.05, 0.1) is 12.8 Å². The summed E-state index contributed by atoms with van der Waals surface area (Å²) in [4.78, 5) is 11.6. The third-order valence-electron chi connectivity index (χ3n) is 2.92. The molecule has 0 atom stereocenters. The molecule has 1 amide bonds. The molecule has 1 saturated carbocycles. The molecule has 0 unspecified atom stereocenters. The van der Waals surface area contributed by atoms with Crippen LogP contribution in [0.15, 0.2) is 24.3 Å². The minimum atomic E-state index is -0.401. The van der Waals surface area contributed by atoms with E-state index in [0.717, 1.165) is 25.7 Å². The maximum Gasteiger partial charge on any atom is 0.412 e. The van der Waals surface area contributed by atoms with Gasteiger partial charge in [-0.2, -0.15) is 0 Å². The van der Waals surface area contributed by atoms with Crippen LogP contribution in [-0.2, 0) is 4.74 Å². The molecule has 1 fully saturated rings. The molecule has 1 aromatic rings. The van der Waals surface area contributed by atoms with Crippen LogP contribution in [0.3, 0.4) is 0 Å². The molecule has 0 aromatic heterocycles. The minimum Gasteiger partial charge on any atom is -0.495 e. The second kappa shape index (κ2) is 5.57. The first-order valence-electron chi connectivity index (χ1n) is 5.90. The number of methoxy groups -OCH3 is 1. The number of ether oxygens (including phenoxy) is 2. The van der Waals surface area contributed by atoms with Gasteiger partial charge in [-0.05, 0) is 37.8 Å². The first-order chi connectivity index (χ1) is 8.29. The number of carbonyl (C=O) groups is 1. The van der Waals surface area contributed by atoms with Gasteiger partial charge in [0.15, 0.2) is 0 Å². The highest BCUT2D eigenvalue weighted by Crippen LogP contribution is 2.25. The zero-order valence-corrected chi connectivity index (χ0v) is 9.94. The van der Waals surface area contributed by atoms with Gasteiger partial charge in [-0.3, -0.25) is 5.32 Å². The Morgan fingerprint density at radius 2 is 2.00 bits per heavy atom. The van der Waals surface area contributed by atoms with Gasteiger partial charge in [-0.15, -0.1) is 0 Å². The van der Waals surface area contributed by atoms with Gasteiger partial charge in [0, 0.05) is 0 Å². The summed E-state index contributed by atoms with van der Waals surface area (Å²) in [6.45, 7) is 0. The highest BCUT2D eigenvalue weighted by molar-refractivity contribution is 5.86. The first kappa shape index (κ1) is 11.8. The summed E-state index contributed by atoms with van der Waals surface area (Å²) >= 11 is 0. The lowest BCUT2D eigenvalue weighted by Crippen LogP contribution is -2.20. The Bertz CT molecular complexity index is 386. The van der Waals surface area contributed by atoms with Crippen molar-refractivity contribution in [3.63, 3.8) is 0 Å². The van der Waals surface area contributed by atoms with E-state index in [1.165, 1.54) is 0 Å². The third kappa shape index (κ3) is 3.12. The largest absolute Gasteiger partial charge is 0.495 e. The molecule has 0 heterocycles. The predicted molar refractivity (Wildman–Crippen MR) is 65.4 cm³/mol. The number of carbonyl (C=O) groups excluding carboxylic acids is 1. The fourth-order valence-corrected chi connectivity index (χ4v) is 2.04. The van der Waals surface area contributed by atoms with E-state index in [0.29, 0.717) is 11.4 Å². The van der Waals surface area contributed by atoms with Crippen LogP contribution in [0, 0.1) is 0 Å². The number of nitrogens with one attached hydrogen (secondary N) is 1. The molecule has 0 aliphatic heterocycles. The van der Waals surface area contributed by atoms with Crippen LogP contribution in [0.5, 0.6) is 5.75 Å². The molecule has 1 N–H and O–H groups in total. The summed E-state index contributed by atoms with van der Waals surface area (Å²) in [6, 6.07) is 7.28. The van der Waals surface area contributed by atoms with Crippen LogP contribution in [0.2, 0.25) is 0 Å². The summed E-state index contributed by atoms with van der Waals surface area (Å²) in [5.74, 6) is 0.635. The van der Waals surface area contributed by atoms with Crippen LogP contribution in [0.4, 0.5) is 10.5 Å². The number of hydrogen-bond donors (Lipinski definition) is 1. The van der Waals surface area contributed by atoms with E-state index >= 15 is 0 Å². The molecule has 4 nitrogen and oxygen atoms in total. The highest BCUT2D eigenvalue weighted by atomic mass is 16.6. The lowest BCUT2D eigenvalue weighted by atomic mass is 10.3. The SMILES string of the molecule is COc1ccccc1NC(=O)OC1CCCC1. The molecule has 17 heavy (non-hydrogen) atoms. The van der Waals surface area contributed by atoms with Crippen LogP contribution in [0.1, 0.15) is 25.7 Å². The average molecular weight is 235 g/mol.